The number of hydrogen-bond donors (Lipinski definition) is 1. The minimum atomic E-state index is -0.454. The predicted octanol–water partition coefficient (Wildman–Crippen LogP) is 5.18. The van der Waals surface area contributed by atoms with Crippen molar-refractivity contribution in [3.05, 3.63) is 63.4 Å². The second-order valence-electron chi connectivity index (χ2n) is 6.56. The van der Waals surface area contributed by atoms with E-state index >= 15 is 0 Å². The SMILES string of the molecule is ON1[C@H](c2ccc(OC3CCOCC3)cc2F)[C@@H]1c1ccc(Cl)c(Cl)c1. The monoisotopic (exact) mass is 397 g/mol. The van der Waals surface area contributed by atoms with Crippen molar-refractivity contribution < 1.29 is 19.1 Å². The van der Waals surface area contributed by atoms with Gasteiger partial charge in [0.25, 0.3) is 0 Å². The third-order valence-electron chi connectivity index (χ3n) is 4.83. The molecule has 4 nitrogen and oxygen atoms in total. The summed E-state index contributed by atoms with van der Waals surface area (Å²) in [5, 5.41) is 12.1. The molecule has 2 aliphatic heterocycles. The quantitative estimate of drug-likeness (QED) is 0.721. The lowest BCUT2D eigenvalue weighted by atomic mass is 10.0. The summed E-state index contributed by atoms with van der Waals surface area (Å²) >= 11 is 12.0. The molecule has 2 aromatic rings. The van der Waals surface area contributed by atoms with Crippen LogP contribution in [0.2, 0.25) is 10.0 Å². The summed E-state index contributed by atoms with van der Waals surface area (Å²) in [6, 6.07) is 9.13. The third kappa shape index (κ3) is 3.55. The Morgan fingerprint density at radius 2 is 1.81 bits per heavy atom. The van der Waals surface area contributed by atoms with Crippen molar-refractivity contribution in [1.29, 1.82) is 0 Å². The largest absolute Gasteiger partial charge is 0.490 e. The van der Waals surface area contributed by atoms with Crippen molar-refractivity contribution in [1.82, 2.24) is 5.06 Å². The minimum Gasteiger partial charge on any atom is -0.490 e. The van der Waals surface area contributed by atoms with Gasteiger partial charge < -0.3 is 14.7 Å². The molecule has 0 saturated carbocycles. The van der Waals surface area contributed by atoms with Crippen LogP contribution in [0.5, 0.6) is 5.75 Å². The summed E-state index contributed by atoms with van der Waals surface area (Å²) in [5.74, 6) is 0.0931. The smallest absolute Gasteiger partial charge is 0.131 e. The maximum absolute atomic E-state index is 14.6. The lowest BCUT2D eigenvalue weighted by molar-refractivity contribution is 0.00421. The molecule has 0 bridgehead atoms. The molecule has 0 aromatic heterocycles. The first-order valence-electron chi connectivity index (χ1n) is 8.50. The molecule has 0 spiro atoms. The first-order valence-corrected chi connectivity index (χ1v) is 9.26. The summed E-state index contributed by atoms with van der Waals surface area (Å²) < 4.78 is 25.7. The molecule has 138 valence electrons. The van der Waals surface area contributed by atoms with Crippen LogP contribution in [0, 0.1) is 5.82 Å². The standard InChI is InChI=1S/C19H18Cl2FNO3/c20-15-4-1-11(9-16(15)21)18-19(23(18)24)14-3-2-13(10-17(14)22)26-12-5-7-25-8-6-12/h1-4,9-10,12,18-19,24H,5-8H2/t18-,19+,23?/m0/s1. The second-order valence-corrected chi connectivity index (χ2v) is 7.37. The van der Waals surface area contributed by atoms with Crippen LogP contribution in [0.3, 0.4) is 0 Å². The van der Waals surface area contributed by atoms with Crippen LogP contribution in [0.1, 0.15) is 36.1 Å². The topological polar surface area (TPSA) is 41.7 Å². The molecule has 1 N–H and O–H groups in total. The van der Waals surface area contributed by atoms with Crippen LogP contribution in [0.4, 0.5) is 4.39 Å². The van der Waals surface area contributed by atoms with E-state index in [4.69, 9.17) is 32.7 Å². The van der Waals surface area contributed by atoms with Crippen molar-refractivity contribution in [2.24, 2.45) is 0 Å². The number of ether oxygens (including phenoxy) is 2. The van der Waals surface area contributed by atoms with Crippen LogP contribution in [-0.4, -0.2) is 29.6 Å². The zero-order valence-corrected chi connectivity index (χ0v) is 15.4. The Morgan fingerprint density at radius 3 is 2.50 bits per heavy atom. The normalized spacial score (nSPS) is 25.9. The Morgan fingerprint density at radius 1 is 1.04 bits per heavy atom. The van der Waals surface area contributed by atoms with Gasteiger partial charge in [0.15, 0.2) is 0 Å². The molecular formula is C19H18Cl2FNO3. The van der Waals surface area contributed by atoms with E-state index in [9.17, 15) is 9.60 Å². The van der Waals surface area contributed by atoms with Crippen LogP contribution < -0.4 is 4.74 Å². The van der Waals surface area contributed by atoms with Gasteiger partial charge >= 0.3 is 0 Å². The Labute approximate surface area is 161 Å². The molecular weight excluding hydrogens is 380 g/mol. The summed E-state index contributed by atoms with van der Waals surface area (Å²) in [6.45, 7) is 1.33. The average molecular weight is 398 g/mol. The highest BCUT2D eigenvalue weighted by atomic mass is 35.5. The number of nitrogens with zero attached hydrogens (tertiary/aromatic N) is 1. The van der Waals surface area contributed by atoms with Gasteiger partial charge in [-0.1, -0.05) is 35.3 Å². The van der Waals surface area contributed by atoms with E-state index in [1.54, 1.807) is 30.3 Å². The maximum Gasteiger partial charge on any atom is 0.131 e. The van der Waals surface area contributed by atoms with E-state index in [1.807, 2.05) is 0 Å². The molecule has 7 heteroatoms. The highest BCUT2D eigenvalue weighted by molar-refractivity contribution is 6.42. The van der Waals surface area contributed by atoms with Gasteiger partial charge in [0.1, 0.15) is 17.7 Å². The molecule has 0 aliphatic carbocycles. The first kappa shape index (κ1) is 18.0. The van der Waals surface area contributed by atoms with Crippen molar-refractivity contribution in [2.75, 3.05) is 13.2 Å². The molecule has 2 saturated heterocycles. The predicted molar refractivity (Wildman–Crippen MR) is 96.4 cm³/mol. The molecule has 0 amide bonds. The molecule has 2 aliphatic rings. The average Bonchev–Trinajstić information content (AvgIpc) is 3.29. The van der Waals surface area contributed by atoms with E-state index in [0.717, 1.165) is 23.5 Å². The van der Waals surface area contributed by atoms with Crippen LogP contribution >= 0.6 is 23.2 Å². The zero-order chi connectivity index (χ0) is 18.3. The molecule has 3 atom stereocenters. The molecule has 1 unspecified atom stereocenters. The van der Waals surface area contributed by atoms with Crippen molar-refractivity contribution in [3.8, 4) is 5.75 Å². The van der Waals surface area contributed by atoms with Gasteiger partial charge in [0.2, 0.25) is 0 Å². The molecule has 4 rings (SSSR count). The molecule has 0 radical (unpaired) electrons. The number of halogens is 3. The number of rotatable bonds is 4. The van der Waals surface area contributed by atoms with Gasteiger partial charge in [-0.25, -0.2) is 4.39 Å². The molecule has 26 heavy (non-hydrogen) atoms. The van der Waals surface area contributed by atoms with E-state index in [-0.39, 0.29) is 12.1 Å². The molecule has 2 aromatic carbocycles. The van der Waals surface area contributed by atoms with Gasteiger partial charge in [-0.05, 0) is 23.8 Å². The van der Waals surface area contributed by atoms with Crippen LogP contribution in [0.25, 0.3) is 0 Å². The molecule has 2 heterocycles. The van der Waals surface area contributed by atoms with E-state index in [1.165, 1.54) is 6.07 Å². The Bertz CT molecular complexity index is 813. The highest BCUT2D eigenvalue weighted by Crippen LogP contribution is 2.54. The van der Waals surface area contributed by atoms with Gasteiger partial charge in [-0.15, -0.1) is 0 Å². The fraction of sp³-hybridized carbons (Fsp3) is 0.368. The summed E-state index contributed by atoms with van der Waals surface area (Å²) in [4.78, 5) is 0. The van der Waals surface area contributed by atoms with Crippen molar-refractivity contribution in [2.45, 2.75) is 31.0 Å². The zero-order valence-electron chi connectivity index (χ0n) is 13.9. The van der Waals surface area contributed by atoms with Gasteiger partial charge in [0.05, 0.1) is 35.3 Å². The van der Waals surface area contributed by atoms with E-state index < -0.39 is 11.9 Å². The Kier molecular flexibility index (Phi) is 5.08. The van der Waals surface area contributed by atoms with E-state index in [2.05, 4.69) is 0 Å². The Balaban J connectivity index is 1.50. The minimum absolute atomic E-state index is 0.0493. The van der Waals surface area contributed by atoms with Gasteiger partial charge in [-0.2, -0.15) is 5.06 Å². The lowest BCUT2D eigenvalue weighted by Gasteiger charge is -2.23. The van der Waals surface area contributed by atoms with Crippen molar-refractivity contribution >= 4 is 23.2 Å². The highest BCUT2D eigenvalue weighted by Gasteiger charge is 2.50. The maximum atomic E-state index is 14.6. The second kappa shape index (κ2) is 7.33. The fourth-order valence-electron chi connectivity index (χ4n) is 3.37. The number of benzene rings is 2. The fourth-order valence-corrected chi connectivity index (χ4v) is 3.68. The Hall–Kier alpha value is -1.37. The lowest BCUT2D eigenvalue weighted by Crippen LogP contribution is -2.25. The molecule has 2 fully saturated rings. The van der Waals surface area contributed by atoms with Crippen molar-refractivity contribution in [3.63, 3.8) is 0 Å². The van der Waals surface area contributed by atoms with E-state index in [0.29, 0.717) is 34.6 Å². The third-order valence-corrected chi connectivity index (χ3v) is 5.57. The van der Waals surface area contributed by atoms with Crippen LogP contribution in [-0.2, 0) is 4.74 Å². The number of hydroxylamine groups is 2. The summed E-state index contributed by atoms with van der Waals surface area (Å²) in [6.07, 6.45) is 1.65. The van der Waals surface area contributed by atoms with Crippen LogP contribution in [0.15, 0.2) is 36.4 Å². The number of hydrogen-bond acceptors (Lipinski definition) is 4. The van der Waals surface area contributed by atoms with Gasteiger partial charge in [0, 0.05) is 24.5 Å². The first-order chi connectivity index (χ1) is 12.5. The van der Waals surface area contributed by atoms with Gasteiger partial charge in [-0.3, -0.25) is 0 Å². The summed E-state index contributed by atoms with van der Waals surface area (Å²) in [7, 11) is 0. The summed E-state index contributed by atoms with van der Waals surface area (Å²) in [5.41, 5.74) is 1.21.